The summed E-state index contributed by atoms with van der Waals surface area (Å²) in [5, 5.41) is 14.3. The zero-order valence-corrected chi connectivity index (χ0v) is 12.0. The number of nitrogens with one attached hydrogen (secondary N) is 1. The first-order chi connectivity index (χ1) is 9.07. The van der Waals surface area contributed by atoms with Crippen LogP contribution in [0.5, 0.6) is 0 Å². The average molecular weight is 265 g/mol. The average Bonchev–Trinajstić information content (AvgIpc) is 2.35. The highest BCUT2D eigenvalue weighted by atomic mass is 16.6. The molecule has 1 rings (SSSR count). The van der Waals surface area contributed by atoms with Crippen molar-refractivity contribution < 1.29 is 4.92 Å². The smallest absolute Gasteiger partial charge is 0.278 e. The highest BCUT2D eigenvalue weighted by Gasteiger charge is 2.18. The van der Waals surface area contributed by atoms with E-state index < -0.39 is 0 Å². The van der Waals surface area contributed by atoms with Gasteiger partial charge in [0.05, 0.1) is 10.6 Å². The number of aromatic nitrogens is 1. The number of hydrogen-bond donors (Lipinski definition) is 1. The van der Waals surface area contributed by atoms with Crippen LogP contribution in [0, 0.1) is 24.0 Å². The van der Waals surface area contributed by atoms with Gasteiger partial charge in [-0.1, -0.05) is 26.2 Å². The SMILES string of the molecule is CCCCCCNCc1ncc(C)c([N+](=O)[O-])c1C. The topological polar surface area (TPSA) is 68.1 Å². The molecule has 1 heterocycles. The summed E-state index contributed by atoms with van der Waals surface area (Å²) in [6, 6.07) is 0. The van der Waals surface area contributed by atoms with Gasteiger partial charge in [0.1, 0.15) is 0 Å². The third-order valence-electron chi connectivity index (χ3n) is 3.26. The fourth-order valence-corrected chi connectivity index (χ4v) is 2.11. The summed E-state index contributed by atoms with van der Waals surface area (Å²) in [5.41, 5.74) is 2.26. The fourth-order valence-electron chi connectivity index (χ4n) is 2.11. The molecule has 0 saturated heterocycles. The highest BCUT2D eigenvalue weighted by Crippen LogP contribution is 2.23. The Balaban J connectivity index is 2.55. The number of nitro groups is 1. The Bertz CT molecular complexity index is 433. The molecular weight excluding hydrogens is 242 g/mol. The molecule has 1 N–H and O–H groups in total. The predicted octanol–water partition coefficient (Wildman–Crippen LogP) is 3.28. The molecule has 0 bridgehead atoms. The van der Waals surface area contributed by atoms with Gasteiger partial charge >= 0.3 is 0 Å². The van der Waals surface area contributed by atoms with Crippen molar-refractivity contribution in [1.29, 1.82) is 0 Å². The molecule has 0 aliphatic carbocycles. The zero-order chi connectivity index (χ0) is 14.3. The van der Waals surface area contributed by atoms with E-state index >= 15 is 0 Å². The van der Waals surface area contributed by atoms with Gasteiger partial charge in [-0.15, -0.1) is 0 Å². The first kappa shape index (κ1) is 15.6. The lowest BCUT2D eigenvalue weighted by Gasteiger charge is -2.08. The molecule has 0 radical (unpaired) electrons. The molecule has 5 heteroatoms. The van der Waals surface area contributed by atoms with Gasteiger partial charge in [-0.25, -0.2) is 0 Å². The van der Waals surface area contributed by atoms with Gasteiger partial charge in [0.15, 0.2) is 0 Å². The lowest BCUT2D eigenvalue weighted by atomic mass is 10.1. The van der Waals surface area contributed by atoms with Crippen LogP contribution in [0.15, 0.2) is 6.20 Å². The first-order valence-corrected chi connectivity index (χ1v) is 6.88. The molecule has 0 atom stereocenters. The Morgan fingerprint density at radius 3 is 2.68 bits per heavy atom. The van der Waals surface area contributed by atoms with Crippen molar-refractivity contribution in [3.05, 3.63) is 33.1 Å². The molecule has 1 aromatic rings. The van der Waals surface area contributed by atoms with Gasteiger partial charge < -0.3 is 5.32 Å². The molecule has 0 fully saturated rings. The van der Waals surface area contributed by atoms with E-state index in [1.54, 1.807) is 20.0 Å². The minimum Gasteiger partial charge on any atom is -0.311 e. The summed E-state index contributed by atoms with van der Waals surface area (Å²) in [5.74, 6) is 0. The number of hydrogen-bond acceptors (Lipinski definition) is 4. The zero-order valence-electron chi connectivity index (χ0n) is 12.0. The van der Waals surface area contributed by atoms with Crippen LogP contribution in [-0.2, 0) is 6.54 Å². The summed E-state index contributed by atoms with van der Waals surface area (Å²) < 4.78 is 0. The van der Waals surface area contributed by atoms with Crippen LogP contribution in [-0.4, -0.2) is 16.5 Å². The minimum absolute atomic E-state index is 0.192. The third-order valence-corrected chi connectivity index (χ3v) is 3.26. The molecule has 5 nitrogen and oxygen atoms in total. The van der Waals surface area contributed by atoms with E-state index in [0.717, 1.165) is 18.7 Å². The number of rotatable bonds is 8. The lowest BCUT2D eigenvalue weighted by Crippen LogP contribution is -2.17. The molecule has 0 aliphatic rings. The molecule has 0 amide bonds. The minimum atomic E-state index is -0.322. The van der Waals surface area contributed by atoms with Gasteiger partial charge in [-0.2, -0.15) is 0 Å². The summed E-state index contributed by atoms with van der Waals surface area (Å²) in [6.07, 6.45) is 6.43. The van der Waals surface area contributed by atoms with Crippen molar-refractivity contribution in [2.75, 3.05) is 6.54 Å². The Morgan fingerprint density at radius 2 is 2.05 bits per heavy atom. The van der Waals surface area contributed by atoms with Gasteiger partial charge in [-0.3, -0.25) is 15.1 Å². The van der Waals surface area contributed by atoms with Crippen molar-refractivity contribution in [3.8, 4) is 0 Å². The molecule has 0 aliphatic heterocycles. The summed E-state index contributed by atoms with van der Waals surface area (Å²) >= 11 is 0. The first-order valence-electron chi connectivity index (χ1n) is 6.88. The standard InChI is InChI=1S/C14H23N3O2/c1-4-5-6-7-8-15-10-13-12(3)14(17(18)19)11(2)9-16-13/h9,15H,4-8,10H2,1-3H3. The Morgan fingerprint density at radius 1 is 1.32 bits per heavy atom. The Kier molecular flexibility index (Phi) is 6.42. The molecule has 0 spiro atoms. The van der Waals surface area contributed by atoms with E-state index in [4.69, 9.17) is 0 Å². The molecule has 1 aromatic heterocycles. The Labute approximate surface area is 114 Å². The van der Waals surface area contributed by atoms with Gasteiger partial charge in [0, 0.05) is 23.9 Å². The highest BCUT2D eigenvalue weighted by molar-refractivity contribution is 5.47. The number of unbranched alkanes of at least 4 members (excludes halogenated alkanes) is 3. The van der Waals surface area contributed by atoms with Crippen LogP contribution in [0.25, 0.3) is 0 Å². The van der Waals surface area contributed by atoms with Crippen molar-refractivity contribution in [1.82, 2.24) is 10.3 Å². The van der Waals surface area contributed by atoms with E-state index in [2.05, 4.69) is 17.2 Å². The van der Waals surface area contributed by atoms with Crippen LogP contribution >= 0.6 is 0 Å². The normalized spacial score (nSPS) is 10.7. The molecule has 0 aromatic carbocycles. The van der Waals surface area contributed by atoms with Crippen LogP contribution in [0.3, 0.4) is 0 Å². The van der Waals surface area contributed by atoms with Crippen LogP contribution in [0.4, 0.5) is 5.69 Å². The molecule has 0 unspecified atom stereocenters. The van der Waals surface area contributed by atoms with Crippen molar-refractivity contribution in [3.63, 3.8) is 0 Å². The van der Waals surface area contributed by atoms with Gasteiger partial charge in [-0.05, 0) is 26.8 Å². The van der Waals surface area contributed by atoms with Gasteiger partial charge in [0.25, 0.3) is 5.69 Å². The largest absolute Gasteiger partial charge is 0.311 e. The second kappa shape index (κ2) is 7.84. The second-order valence-corrected chi connectivity index (χ2v) is 4.86. The van der Waals surface area contributed by atoms with Crippen LogP contribution < -0.4 is 5.32 Å². The number of pyridine rings is 1. The van der Waals surface area contributed by atoms with Crippen molar-refractivity contribution in [2.24, 2.45) is 0 Å². The van der Waals surface area contributed by atoms with E-state index in [0.29, 0.717) is 17.7 Å². The maximum atomic E-state index is 11.0. The van der Waals surface area contributed by atoms with Crippen LogP contribution in [0.1, 0.15) is 49.4 Å². The molecular formula is C14H23N3O2. The molecule has 19 heavy (non-hydrogen) atoms. The van der Waals surface area contributed by atoms with Crippen molar-refractivity contribution in [2.45, 2.75) is 53.0 Å². The predicted molar refractivity (Wildman–Crippen MR) is 76.2 cm³/mol. The van der Waals surface area contributed by atoms with E-state index in [-0.39, 0.29) is 10.6 Å². The van der Waals surface area contributed by atoms with Crippen molar-refractivity contribution >= 4 is 5.69 Å². The second-order valence-electron chi connectivity index (χ2n) is 4.86. The van der Waals surface area contributed by atoms with Gasteiger partial charge in [0.2, 0.25) is 0 Å². The monoisotopic (exact) mass is 265 g/mol. The maximum Gasteiger partial charge on any atom is 0.278 e. The Hall–Kier alpha value is -1.49. The molecule has 106 valence electrons. The van der Waals surface area contributed by atoms with E-state index in [1.807, 2.05) is 0 Å². The van der Waals surface area contributed by atoms with E-state index in [1.165, 1.54) is 19.3 Å². The summed E-state index contributed by atoms with van der Waals surface area (Å²) in [4.78, 5) is 15.0. The summed E-state index contributed by atoms with van der Waals surface area (Å²) in [6.45, 7) is 7.21. The van der Waals surface area contributed by atoms with Crippen LogP contribution in [0.2, 0.25) is 0 Å². The fraction of sp³-hybridized carbons (Fsp3) is 0.643. The number of nitrogens with zero attached hydrogens (tertiary/aromatic N) is 2. The quantitative estimate of drug-likeness (QED) is 0.445. The van der Waals surface area contributed by atoms with E-state index in [9.17, 15) is 10.1 Å². The summed E-state index contributed by atoms with van der Waals surface area (Å²) in [7, 11) is 0. The molecule has 0 saturated carbocycles. The third kappa shape index (κ3) is 4.59. The number of aryl methyl sites for hydroxylation is 1. The maximum absolute atomic E-state index is 11.0. The lowest BCUT2D eigenvalue weighted by molar-refractivity contribution is -0.386.